The summed E-state index contributed by atoms with van der Waals surface area (Å²) in [7, 11) is 0. The van der Waals surface area contributed by atoms with Crippen molar-refractivity contribution in [3.8, 4) is 57.5 Å². The van der Waals surface area contributed by atoms with Crippen molar-refractivity contribution < 1.29 is 65.8 Å². The average molecular weight is 1470 g/mol. The molecule has 0 unspecified atom stereocenters. The van der Waals surface area contributed by atoms with E-state index in [2.05, 4.69) is 111 Å². The molecule has 11 aromatic carbocycles. The van der Waals surface area contributed by atoms with Crippen LogP contribution >= 0.6 is 0 Å². The first-order valence-corrected chi connectivity index (χ1v) is 37.2. The van der Waals surface area contributed by atoms with Gasteiger partial charge in [0.05, 0.1) is 11.2 Å². The molecular weight excluding hydrogens is 1360 g/mol. The fourth-order valence-electron chi connectivity index (χ4n) is 13.4. The Morgan fingerprint density at radius 3 is 1.18 bits per heavy atom. The molecule has 0 heterocycles. The molecule has 0 bridgehead atoms. The molecule has 0 saturated heterocycles. The smallest absolute Gasteiger partial charge is 0.196 e. The second kappa shape index (κ2) is 39.0. The summed E-state index contributed by atoms with van der Waals surface area (Å²) in [5.41, 5.74) is 11.0. The lowest BCUT2D eigenvalue weighted by Crippen LogP contribution is -2.31. The fraction of sp³-hybridized carbons (Fsp3) is 0.292. The zero-order valence-corrected chi connectivity index (χ0v) is 64.9. The molecular formula is C96H110O13. The average Bonchev–Trinajstić information content (AvgIpc) is 0.837. The number of hydrogen-bond donors (Lipinski definition) is 11. The van der Waals surface area contributed by atoms with Crippen LogP contribution in [0.25, 0.3) is 0 Å². The Labute approximate surface area is 644 Å². The van der Waals surface area contributed by atoms with E-state index in [1.165, 1.54) is 116 Å². The third kappa shape index (κ3) is 26.3. The molecule has 0 atom stereocenters. The number of phenolic OH excluding ortho intramolecular Hbond substituents is 10. The van der Waals surface area contributed by atoms with E-state index in [1.54, 1.807) is 84.9 Å². The maximum absolute atomic E-state index is 11.9. The number of Topliss-reactive ketones (excluding diaryl/α,β-unsaturated/α-hetero) is 1. The molecule has 0 spiro atoms. The van der Waals surface area contributed by atoms with Gasteiger partial charge in [-0.3, -0.25) is 9.59 Å². The molecule has 572 valence electrons. The molecule has 2 aliphatic rings. The monoisotopic (exact) mass is 1470 g/mol. The molecule has 0 radical (unpaired) electrons. The highest BCUT2D eigenvalue weighted by Crippen LogP contribution is 2.44. The Bertz CT molecular complexity index is 4510. The first kappa shape index (κ1) is 85.0. The van der Waals surface area contributed by atoms with Gasteiger partial charge in [-0.05, 0) is 208 Å². The number of carbonyl (C=O) groups is 2. The number of aromatic hydroxyl groups is 10. The summed E-state index contributed by atoms with van der Waals surface area (Å²) in [5.74, 6) is 2.35. The van der Waals surface area contributed by atoms with Gasteiger partial charge in [0.15, 0.2) is 11.6 Å². The van der Waals surface area contributed by atoms with Crippen LogP contribution in [0, 0.1) is 24.2 Å². The van der Waals surface area contributed by atoms with E-state index in [4.69, 9.17) is 20.4 Å². The van der Waals surface area contributed by atoms with Crippen LogP contribution in [0.5, 0.6) is 57.5 Å². The lowest BCUT2D eigenvalue weighted by Gasteiger charge is -2.38. The Morgan fingerprint density at radius 1 is 0.367 bits per heavy atom. The van der Waals surface area contributed by atoms with E-state index in [-0.39, 0.29) is 79.2 Å². The van der Waals surface area contributed by atoms with Crippen LogP contribution in [-0.4, -0.2) is 73.3 Å². The summed E-state index contributed by atoms with van der Waals surface area (Å²) in [4.78, 5) is 22.7. The molecule has 13 rings (SSSR count). The van der Waals surface area contributed by atoms with Crippen LogP contribution in [0.3, 0.4) is 0 Å². The van der Waals surface area contributed by atoms with Crippen molar-refractivity contribution in [1.82, 2.24) is 0 Å². The van der Waals surface area contributed by atoms with Crippen molar-refractivity contribution >= 4 is 11.6 Å². The van der Waals surface area contributed by atoms with Gasteiger partial charge in [0.25, 0.3) is 0 Å². The lowest BCUT2D eigenvalue weighted by atomic mass is 9.69. The Morgan fingerprint density at radius 2 is 0.743 bits per heavy atom. The molecule has 0 aliphatic heterocycles. The molecule has 11 N–H and O–H groups in total. The number of para-hydroxylation sites is 1. The van der Waals surface area contributed by atoms with Gasteiger partial charge in [0.2, 0.25) is 0 Å². The van der Waals surface area contributed by atoms with Gasteiger partial charge in [0.1, 0.15) is 57.5 Å². The topological polar surface area (TPSA) is 257 Å². The highest BCUT2D eigenvalue weighted by molar-refractivity contribution is 6.10. The van der Waals surface area contributed by atoms with Crippen molar-refractivity contribution in [2.24, 2.45) is 17.3 Å². The van der Waals surface area contributed by atoms with Gasteiger partial charge in [-0.15, -0.1) is 0 Å². The highest BCUT2D eigenvalue weighted by Gasteiger charge is 2.33. The zero-order chi connectivity index (χ0) is 79.7. The quantitative estimate of drug-likeness (QED) is 0.0481. The minimum absolute atomic E-state index is 0.0328. The Hall–Kier alpha value is -11.3. The van der Waals surface area contributed by atoms with Crippen molar-refractivity contribution in [1.29, 1.82) is 0 Å². The summed E-state index contributed by atoms with van der Waals surface area (Å²) >= 11 is 0. The molecule has 0 amide bonds. The number of aliphatic hydroxyl groups is 1. The van der Waals surface area contributed by atoms with Gasteiger partial charge < -0.3 is 56.2 Å². The van der Waals surface area contributed by atoms with Crippen LogP contribution in [0.15, 0.2) is 267 Å². The number of benzene rings is 11. The van der Waals surface area contributed by atoms with Crippen LogP contribution in [0.2, 0.25) is 0 Å². The van der Waals surface area contributed by atoms with E-state index in [9.17, 15) is 45.3 Å². The van der Waals surface area contributed by atoms with Crippen molar-refractivity contribution in [3.05, 3.63) is 334 Å². The number of phenols is 10. The van der Waals surface area contributed by atoms with Crippen molar-refractivity contribution in [2.75, 3.05) is 0 Å². The minimum Gasteiger partial charge on any atom is -0.508 e. The van der Waals surface area contributed by atoms with Gasteiger partial charge in [-0.2, -0.15) is 0 Å². The molecule has 2 fully saturated rings. The zero-order valence-electron chi connectivity index (χ0n) is 64.9. The summed E-state index contributed by atoms with van der Waals surface area (Å²) < 4.78 is 0. The molecule has 11 aromatic rings. The van der Waals surface area contributed by atoms with E-state index in [1.807, 2.05) is 97.9 Å². The number of carbonyl (C=O) groups excluding carboxylic acids is 2. The Balaban J connectivity index is 0.000000178. The predicted octanol–water partition coefficient (Wildman–Crippen LogP) is 22.0. The molecule has 0 aromatic heterocycles. The van der Waals surface area contributed by atoms with Crippen LogP contribution in [-0.2, 0) is 22.7 Å². The molecule has 109 heavy (non-hydrogen) atoms. The first-order valence-electron chi connectivity index (χ1n) is 37.2. The normalized spacial score (nSPS) is 15.2. The second-order valence-electron chi connectivity index (χ2n) is 31.2. The molecule has 13 nitrogen and oxygen atoms in total. The number of rotatable bonds is 13. The summed E-state index contributed by atoms with van der Waals surface area (Å²) in [6, 6.07) is 79.2. The van der Waals surface area contributed by atoms with Crippen molar-refractivity contribution in [3.63, 3.8) is 0 Å². The van der Waals surface area contributed by atoms with E-state index < -0.39 is 0 Å². The van der Waals surface area contributed by atoms with E-state index in [0.717, 1.165) is 53.0 Å². The van der Waals surface area contributed by atoms with Crippen LogP contribution < -0.4 is 0 Å². The summed E-state index contributed by atoms with van der Waals surface area (Å²) in [6.45, 7) is 23.2. The minimum atomic E-state index is -0.356. The fourth-order valence-corrected chi connectivity index (χ4v) is 13.4. The first-order chi connectivity index (χ1) is 51.5. The third-order valence-corrected chi connectivity index (χ3v) is 20.8. The van der Waals surface area contributed by atoms with Gasteiger partial charge in [-0.1, -0.05) is 237 Å². The maximum Gasteiger partial charge on any atom is 0.196 e. The number of aryl methyl sites for hydroxylation is 1. The summed E-state index contributed by atoms with van der Waals surface area (Å²) in [5, 5.41) is 103. The number of hydrogen-bond acceptors (Lipinski definition) is 13. The van der Waals surface area contributed by atoms with E-state index >= 15 is 0 Å². The second-order valence-corrected chi connectivity index (χ2v) is 31.2. The predicted molar refractivity (Wildman–Crippen MR) is 438 cm³/mol. The van der Waals surface area contributed by atoms with Crippen molar-refractivity contribution in [2.45, 2.75) is 162 Å². The number of ketones is 2. The summed E-state index contributed by atoms with van der Waals surface area (Å²) in [6.07, 6.45) is 12.4. The molecule has 2 aliphatic carbocycles. The largest absolute Gasteiger partial charge is 0.508 e. The third-order valence-electron chi connectivity index (χ3n) is 20.8. The standard InChI is InChI=1S/C16H30O.C16H18O.C15H16O2.C15H16O.C13H10O3.C13H12O2.C8H8O3/c1-15(2)8-4-13(5-9-15)12-14-6-10-16(3,17)11-7-14;1-12-4-6-13(7-5-12)16(2,3)14-8-10-15(17)11-9-14;1-15(2,11-6-4-3-5-7-11)13-9-8-12(16)10-14(13)17;1-15(2,12-6-4-3-5-7-12)13-8-10-14(16)11-9-13;14-10-6-7-11(12(15)8-10)13(16)9-4-2-1-3-5-9;14-12-7-5-10(6-8-12)9-11-3-1-2-4-13(11)15;1-5(9)6-2-7(10)4-8(11)3-6/h13-14,17H,4-12H2,1-3H3;4-11,17H,1-3H3;3-10,16-17H,1-2H3;3-11,16H,1-2H3;1-8,14-15H;1-8,14-15H,9H2;2-4,10-11H,1H3. The Kier molecular flexibility index (Phi) is 30.4. The lowest BCUT2D eigenvalue weighted by molar-refractivity contribution is 0.00293. The van der Waals surface area contributed by atoms with Crippen LogP contribution in [0.1, 0.15) is 203 Å². The van der Waals surface area contributed by atoms with Gasteiger partial charge in [0, 0.05) is 57.6 Å². The molecule has 2 saturated carbocycles. The highest BCUT2D eigenvalue weighted by atomic mass is 16.3. The SMILES string of the molecule is CC(=O)c1cc(O)cc(O)c1.CC(C)(c1ccccc1)c1ccc(O)cc1.CC(C)(c1ccccc1)c1ccc(O)cc1O.CC1(C)CCC(CC2CCC(C)(O)CC2)CC1.Cc1ccc(C(C)(C)c2ccc(O)cc2)cc1.O=C(c1ccccc1)c1ccc(O)cc1O.Oc1ccc(Cc2ccccc2O)cc1. The van der Waals surface area contributed by atoms with Gasteiger partial charge in [-0.25, -0.2) is 0 Å². The van der Waals surface area contributed by atoms with Crippen LogP contribution in [0.4, 0.5) is 0 Å². The molecule has 13 heteroatoms. The maximum atomic E-state index is 11.9. The van der Waals surface area contributed by atoms with E-state index in [0.29, 0.717) is 40.2 Å². The van der Waals surface area contributed by atoms with Gasteiger partial charge >= 0.3 is 0 Å².